The number of ether oxygens (including phenoxy) is 1. The number of nitrogens with two attached hydrogens (primary N) is 1. The van der Waals surface area contributed by atoms with Crippen LogP contribution in [0.4, 0.5) is 0 Å². The van der Waals surface area contributed by atoms with Crippen LogP contribution in [0.2, 0.25) is 0 Å². The standard InChI is InChI=1S/C24H26N6O3S/c1-33-22-10-15-7-8-16(9-17(15)11-27-22)19-12-28-23(29-19)18(5-3-2-4-6-21(25)31)30-24(32)20-13-26-14-34-20/h7-14,18H,2-6H2,1H3,(H2,25,31)(H,28,29)(H,30,32). The van der Waals surface area contributed by atoms with Crippen molar-refractivity contribution in [2.45, 2.75) is 38.1 Å². The second-order valence-electron chi connectivity index (χ2n) is 7.93. The lowest BCUT2D eigenvalue weighted by Crippen LogP contribution is -2.28. The number of nitrogens with one attached hydrogen (secondary N) is 2. The largest absolute Gasteiger partial charge is 0.481 e. The molecule has 0 aliphatic rings. The average Bonchev–Trinajstić information content (AvgIpc) is 3.55. The van der Waals surface area contributed by atoms with Crippen LogP contribution in [0.3, 0.4) is 0 Å². The number of carbonyl (C=O) groups is 2. The molecule has 1 aromatic carbocycles. The molecule has 4 aromatic rings. The maximum absolute atomic E-state index is 12.7. The Kier molecular flexibility index (Phi) is 7.48. The van der Waals surface area contributed by atoms with E-state index in [1.54, 1.807) is 31.2 Å². The Morgan fingerprint density at radius 2 is 2.00 bits per heavy atom. The summed E-state index contributed by atoms with van der Waals surface area (Å²) in [4.78, 5) is 40.4. The van der Waals surface area contributed by atoms with E-state index in [0.29, 0.717) is 29.4 Å². The minimum absolute atomic E-state index is 0.187. The zero-order chi connectivity index (χ0) is 23.9. The first kappa shape index (κ1) is 23.4. The lowest BCUT2D eigenvalue weighted by atomic mass is 10.1. The van der Waals surface area contributed by atoms with Gasteiger partial charge in [0.15, 0.2) is 0 Å². The number of benzene rings is 1. The second kappa shape index (κ2) is 10.9. The number of aromatic nitrogens is 4. The van der Waals surface area contributed by atoms with Gasteiger partial charge in [-0.05, 0) is 24.3 Å². The number of primary amides is 1. The molecule has 2 amide bonds. The van der Waals surface area contributed by atoms with Crippen molar-refractivity contribution in [3.63, 3.8) is 0 Å². The predicted octanol–water partition coefficient (Wildman–Crippen LogP) is 4.00. The van der Waals surface area contributed by atoms with E-state index in [0.717, 1.165) is 41.3 Å². The van der Waals surface area contributed by atoms with E-state index in [1.807, 2.05) is 24.3 Å². The summed E-state index contributed by atoms with van der Waals surface area (Å²) in [5.41, 5.74) is 8.67. The monoisotopic (exact) mass is 478 g/mol. The quantitative estimate of drug-likeness (QED) is 0.279. The maximum Gasteiger partial charge on any atom is 0.263 e. The van der Waals surface area contributed by atoms with Crippen LogP contribution in [0.25, 0.3) is 22.0 Å². The lowest BCUT2D eigenvalue weighted by molar-refractivity contribution is -0.118. The van der Waals surface area contributed by atoms with Gasteiger partial charge in [-0.1, -0.05) is 25.0 Å². The minimum atomic E-state index is -0.302. The number of methoxy groups -OCH3 is 1. The molecule has 34 heavy (non-hydrogen) atoms. The average molecular weight is 479 g/mol. The van der Waals surface area contributed by atoms with Crippen LogP contribution >= 0.6 is 11.3 Å². The number of hydrogen-bond acceptors (Lipinski definition) is 7. The van der Waals surface area contributed by atoms with Crippen molar-refractivity contribution in [1.29, 1.82) is 0 Å². The van der Waals surface area contributed by atoms with Gasteiger partial charge in [-0.15, -0.1) is 11.3 Å². The van der Waals surface area contributed by atoms with Gasteiger partial charge in [-0.2, -0.15) is 0 Å². The number of nitrogens with zero attached hydrogens (tertiary/aromatic N) is 3. The van der Waals surface area contributed by atoms with E-state index in [-0.39, 0.29) is 17.9 Å². The molecule has 1 unspecified atom stereocenters. The van der Waals surface area contributed by atoms with Crippen molar-refractivity contribution in [3.05, 3.63) is 59.1 Å². The number of aromatic amines is 1. The van der Waals surface area contributed by atoms with Gasteiger partial charge in [-0.3, -0.25) is 14.6 Å². The molecule has 176 valence electrons. The maximum atomic E-state index is 12.7. The first-order valence-electron chi connectivity index (χ1n) is 11.0. The number of rotatable bonds is 11. The SMILES string of the molecule is COc1cc2ccc(-c3cnc(C(CCCCCC(N)=O)NC(=O)c4cncs4)[nH]3)cc2cn1. The van der Waals surface area contributed by atoms with Crippen LogP contribution in [0, 0.1) is 0 Å². The van der Waals surface area contributed by atoms with Crippen LogP contribution in [-0.4, -0.2) is 38.9 Å². The Balaban J connectivity index is 1.51. The molecule has 4 N–H and O–H groups in total. The van der Waals surface area contributed by atoms with Crippen LogP contribution in [-0.2, 0) is 4.79 Å². The highest BCUT2D eigenvalue weighted by Crippen LogP contribution is 2.27. The Labute approximate surface area is 200 Å². The predicted molar refractivity (Wildman–Crippen MR) is 130 cm³/mol. The molecule has 0 aliphatic heterocycles. The fraction of sp³-hybridized carbons (Fsp3) is 0.292. The van der Waals surface area contributed by atoms with Gasteiger partial charge in [0.25, 0.3) is 5.91 Å². The summed E-state index contributed by atoms with van der Waals surface area (Å²) >= 11 is 1.29. The number of H-pyrrole nitrogens is 1. The molecule has 3 aromatic heterocycles. The summed E-state index contributed by atoms with van der Waals surface area (Å²) in [6.07, 6.45) is 8.53. The topological polar surface area (TPSA) is 136 Å². The molecule has 0 radical (unpaired) electrons. The fourth-order valence-corrected chi connectivity index (χ4v) is 4.24. The van der Waals surface area contributed by atoms with Gasteiger partial charge < -0.3 is 20.8 Å². The molecular formula is C24H26N6O3S. The Morgan fingerprint density at radius 1 is 1.12 bits per heavy atom. The summed E-state index contributed by atoms with van der Waals surface area (Å²) in [6.45, 7) is 0. The molecule has 0 fully saturated rings. The minimum Gasteiger partial charge on any atom is -0.481 e. The third-order valence-corrected chi connectivity index (χ3v) is 6.29. The van der Waals surface area contributed by atoms with Crippen molar-refractivity contribution < 1.29 is 14.3 Å². The van der Waals surface area contributed by atoms with Crippen LogP contribution in [0.1, 0.15) is 53.6 Å². The van der Waals surface area contributed by atoms with E-state index >= 15 is 0 Å². The van der Waals surface area contributed by atoms with Crippen molar-refractivity contribution in [2.24, 2.45) is 5.73 Å². The van der Waals surface area contributed by atoms with Crippen LogP contribution in [0.5, 0.6) is 5.88 Å². The lowest BCUT2D eigenvalue weighted by Gasteiger charge is -2.16. The molecule has 10 heteroatoms. The highest BCUT2D eigenvalue weighted by Gasteiger charge is 2.20. The molecular weight excluding hydrogens is 452 g/mol. The Morgan fingerprint density at radius 3 is 2.76 bits per heavy atom. The molecule has 0 saturated carbocycles. The summed E-state index contributed by atoms with van der Waals surface area (Å²) in [6, 6.07) is 7.64. The zero-order valence-electron chi connectivity index (χ0n) is 18.8. The van der Waals surface area contributed by atoms with E-state index in [4.69, 9.17) is 10.5 Å². The Hall–Kier alpha value is -3.79. The summed E-state index contributed by atoms with van der Waals surface area (Å²) in [5, 5.41) is 5.08. The molecule has 3 heterocycles. The number of fused-ring (bicyclic) bond motifs is 1. The van der Waals surface area contributed by atoms with Gasteiger partial charge in [-0.25, -0.2) is 9.97 Å². The van der Waals surface area contributed by atoms with Gasteiger partial charge in [0.1, 0.15) is 10.7 Å². The summed E-state index contributed by atoms with van der Waals surface area (Å²) in [7, 11) is 1.59. The van der Waals surface area contributed by atoms with Crippen molar-refractivity contribution in [1.82, 2.24) is 25.3 Å². The van der Waals surface area contributed by atoms with E-state index in [9.17, 15) is 9.59 Å². The molecule has 4 rings (SSSR count). The number of imidazole rings is 1. The first-order chi connectivity index (χ1) is 16.5. The summed E-state index contributed by atoms with van der Waals surface area (Å²) < 4.78 is 5.20. The van der Waals surface area contributed by atoms with Crippen LogP contribution in [0.15, 0.2) is 48.4 Å². The van der Waals surface area contributed by atoms with Crippen LogP contribution < -0.4 is 15.8 Å². The zero-order valence-corrected chi connectivity index (χ0v) is 19.6. The fourth-order valence-electron chi connectivity index (χ4n) is 3.72. The number of pyridine rings is 1. The van der Waals surface area contributed by atoms with E-state index in [1.165, 1.54) is 11.3 Å². The van der Waals surface area contributed by atoms with Crippen molar-refractivity contribution in [2.75, 3.05) is 7.11 Å². The van der Waals surface area contributed by atoms with E-state index < -0.39 is 0 Å². The first-order valence-corrected chi connectivity index (χ1v) is 11.9. The van der Waals surface area contributed by atoms with Crippen molar-refractivity contribution in [3.8, 4) is 17.1 Å². The number of amides is 2. The van der Waals surface area contributed by atoms with E-state index in [2.05, 4.69) is 25.3 Å². The highest BCUT2D eigenvalue weighted by molar-refractivity contribution is 7.11. The van der Waals surface area contributed by atoms with Gasteiger partial charge >= 0.3 is 0 Å². The third-order valence-electron chi connectivity index (χ3n) is 5.52. The highest BCUT2D eigenvalue weighted by atomic mass is 32.1. The molecule has 0 spiro atoms. The molecule has 0 saturated heterocycles. The number of carbonyl (C=O) groups excluding carboxylic acids is 2. The van der Waals surface area contributed by atoms with Crippen molar-refractivity contribution >= 4 is 33.9 Å². The van der Waals surface area contributed by atoms with Gasteiger partial charge in [0, 0.05) is 29.6 Å². The smallest absolute Gasteiger partial charge is 0.263 e. The normalized spacial score (nSPS) is 11.9. The molecule has 0 aliphatic carbocycles. The molecule has 9 nitrogen and oxygen atoms in total. The number of hydrogen-bond donors (Lipinski definition) is 3. The summed E-state index contributed by atoms with van der Waals surface area (Å²) in [5.74, 6) is 0.762. The molecule has 0 bridgehead atoms. The second-order valence-corrected chi connectivity index (χ2v) is 8.81. The number of thiazole rings is 1. The number of unbranched alkanes of at least 4 members (excludes halogenated alkanes) is 2. The van der Waals surface area contributed by atoms with Gasteiger partial charge in [0.05, 0.1) is 36.7 Å². The third kappa shape index (κ3) is 5.76. The van der Waals surface area contributed by atoms with Gasteiger partial charge in [0.2, 0.25) is 11.8 Å². The Bertz CT molecular complexity index is 1270. The molecule has 1 atom stereocenters.